The van der Waals surface area contributed by atoms with Gasteiger partial charge in [0, 0.05) is 6.20 Å². The van der Waals surface area contributed by atoms with Gasteiger partial charge in [0.15, 0.2) is 0 Å². The van der Waals surface area contributed by atoms with Crippen LogP contribution >= 0.6 is 0 Å². The fourth-order valence-corrected chi connectivity index (χ4v) is 2.60. The number of pyridine rings is 1. The minimum Gasteiger partial charge on any atom is -0.488 e. The van der Waals surface area contributed by atoms with Gasteiger partial charge < -0.3 is 10.5 Å². The minimum absolute atomic E-state index is 0.0373. The topological polar surface area (TPSA) is 72.0 Å². The van der Waals surface area contributed by atoms with Crippen molar-refractivity contribution in [1.29, 1.82) is 5.41 Å². The van der Waals surface area contributed by atoms with Crippen LogP contribution in [-0.4, -0.2) is 16.9 Å². The molecule has 98 valence electrons. The molecule has 1 heterocycles. The zero-order chi connectivity index (χ0) is 13.0. The Hall–Kier alpha value is -1.58. The summed E-state index contributed by atoms with van der Waals surface area (Å²) in [6.45, 7) is 2.23. The van der Waals surface area contributed by atoms with Crippen molar-refractivity contribution in [3.05, 3.63) is 24.0 Å². The molecule has 4 nitrogen and oxygen atoms in total. The van der Waals surface area contributed by atoms with Crippen LogP contribution < -0.4 is 10.5 Å². The van der Waals surface area contributed by atoms with Gasteiger partial charge in [-0.15, -0.1) is 0 Å². The van der Waals surface area contributed by atoms with E-state index in [2.05, 4.69) is 11.9 Å². The molecule has 1 saturated carbocycles. The van der Waals surface area contributed by atoms with Gasteiger partial charge in [0.25, 0.3) is 0 Å². The number of nitrogens with one attached hydrogen (secondary N) is 1. The highest BCUT2D eigenvalue weighted by Gasteiger charge is 2.23. The number of ether oxygens (including phenoxy) is 1. The molecule has 0 bridgehead atoms. The standard InChI is InChI=1S/C14H21N3O/c1-2-10-4-3-5-11(8-10)18-13-9-17-7-6-12(13)14(15)16/h6-7,9-11H,2-5,8H2,1H3,(H3,15,16). The molecule has 2 rings (SSSR count). The second kappa shape index (κ2) is 5.85. The lowest BCUT2D eigenvalue weighted by atomic mass is 9.85. The van der Waals surface area contributed by atoms with Crippen molar-refractivity contribution in [2.24, 2.45) is 11.7 Å². The first kappa shape index (κ1) is 12.9. The lowest BCUT2D eigenvalue weighted by Crippen LogP contribution is -2.26. The molecule has 3 N–H and O–H groups in total. The molecule has 2 unspecified atom stereocenters. The van der Waals surface area contributed by atoms with E-state index in [1.807, 2.05) is 0 Å². The number of nitrogen functional groups attached to an aromatic ring is 1. The van der Waals surface area contributed by atoms with Crippen LogP contribution in [0, 0.1) is 11.3 Å². The van der Waals surface area contributed by atoms with Gasteiger partial charge in [0.1, 0.15) is 11.6 Å². The van der Waals surface area contributed by atoms with Gasteiger partial charge in [-0.25, -0.2) is 0 Å². The van der Waals surface area contributed by atoms with Gasteiger partial charge in [-0.2, -0.15) is 0 Å². The van der Waals surface area contributed by atoms with Gasteiger partial charge >= 0.3 is 0 Å². The summed E-state index contributed by atoms with van der Waals surface area (Å²) in [5, 5.41) is 7.54. The van der Waals surface area contributed by atoms with Crippen molar-refractivity contribution in [2.75, 3.05) is 0 Å². The molecule has 0 spiro atoms. The maximum Gasteiger partial charge on any atom is 0.148 e. The van der Waals surface area contributed by atoms with Crippen LogP contribution in [0.3, 0.4) is 0 Å². The fraction of sp³-hybridized carbons (Fsp3) is 0.571. The van der Waals surface area contributed by atoms with Crippen molar-refractivity contribution in [3.63, 3.8) is 0 Å². The zero-order valence-electron chi connectivity index (χ0n) is 10.9. The number of nitrogens with two attached hydrogens (primary N) is 1. The van der Waals surface area contributed by atoms with E-state index >= 15 is 0 Å². The van der Waals surface area contributed by atoms with Crippen molar-refractivity contribution >= 4 is 5.84 Å². The third-order valence-electron chi connectivity index (χ3n) is 3.68. The molecule has 0 aromatic carbocycles. The fourth-order valence-electron chi connectivity index (χ4n) is 2.60. The average Bonchev–Trinajstić information content (AvgIpc) is 2.39. The summed E-state index contributed by atoms with van der Waals surface area (Å²) in [5.41, 5.74) is 6.19. The lowest BCUT2D eigenvalue weighted by Gasteiger charge is -2.29. The predicted octanol–water partition coefficient (Wildman–Crippen LogP) is 2.71. The Bertz CT molecular complexity index is 419. The van der Waals surface area contributed by atoms with Crippen LogP contribution in [0.1, 0.15) is 44.6 Å². The van der Waals surface area contributed by atoms with E-state index in [1.165, 1.54) is 19.3 Å². The Labute approximate surface area is 108 Å². The van der Waals surface area contributed by atoms with Crippen LogP contribution in [0.2, 0.25) is 0 Å². The molecular weight excluding hydrogens is 226 g/mol. The number of rotatable bonds is 4. The Morgan fingerprint density at radius 3 is 3.11 bits per heavy atom. The third-order valence-corrected chi connectivity index (χ3v) is 3.68. The molecule has 1 aliphatic carbocycles. The smallest absolute Gasteiger partial charge is 0.148 e. The average molecular weight is 247 g/mol. The highest BCUT2D eigenvalue weighted by molar-refractivity contribution is 5.97. The van der Waals surface area contributed by atoms with E-state index in [4.69, 9.17) is 15.9 Å². The molecular formula is C14H21N3O. The van der Waals surface area contributed by atoms with Crippen molar-refractivity contribution in [1.82, 2.24) is 4.98 Å². The second-order valence-corrected chi connectivity index (χ2v) is 4.97. The molecule has 1 fully saturated rings. The number of hydrogen-bond donors (Lipinski definition) is 2. The van der Waals surface area contributed by atoms with Crippen LogP contribution in [-0.2, 0) is 0 Å². The normalized spacial score (nSPS) is 23.6. The Morgan fingerprint density at radius 2 is 2.39 bits per heavy atom. The molecule has 1 aromatic rings. The Balaban J connectivity index is 2.07. The zero-order valence-corrected chi connectivity index (χ0v) is 10.9. The summed E-state index contributed by atoms with van der Waals surface area (Å²) < 4.78 is 6.00. The summed E-state index contributed by atoms with van der Waals surface area (Å²) in [6, 6.07) is 1.73. The molecule has 18 heavy (non-hydrogen) atoms. The number of aromatic nitrogens is 1. The van der Waals surface area contributed by atoms with Crippen molar-refractivity contribution < 1.29 is 4.74 Å². The summed E-state index contributed by atoms with van der Waals surface area (Å²) in [7, 11) is 0. The first-order valence-corrected chi connectivity index (χ1v) is 6.65. The van der Waals surface area contributed by atoms with E-state index in [1.54, 1.807) is 18.5 Å². The van der Waals surface area contributed by atoms with Crippen LogP contribution in [0.25, 0.3) is 0 Å². The molecule has 0 aliphatic heterocycles. The van der Waals surface area contributed by atoms with Crippen molar-refractivity contribution in [2.45, 2.75) is 45.1 Å². The van der Waals surface area contributed by atoms with Crippen LogP contribution in [0.4, 0.5) is 0 Å². The summed E-state index contributed by atoms with van der Waals surface area (Å²) >= 11 is 0. The molecule has 2 atom stereocenters. The molecule has 4 heteroatoms. The maximum atomic E-state index is 7.54. The minimum atomic E-state index is 0.0373. The highest BCUT2D eigenvalue weighted by atomic mass is 16.5. The molecule has 1 aliphatic rings. The number of nitrogens with zero attached hydrogens (tertiary/aromatic N) is 1. The van der Waals surface area contributed by atoms with Crippen LogP contribution in [0.15, 0.2) is 18.5 Å². The molecule has 0 saturated heterocycles. The number of amidine groups is 1. The predicted molar refractivity (Wildman–Crippen MR) is 71.9 cm³/mol. The Morgan fingerprint density at radius 1 is 1.56 bits per heavy atom. The van der Waals surface area contributed by atoms with Gasteiger partial charge in [-0.3, -0.25) is 10.4 Å². The first-order chi connectivity index (χ1) is 8.70. The lowest BCUT2D eigenvalue weighted by molar-refractivity contribution is 0.121. The Kier molecular flexibility index (Phi) is 4.18. The summed E-state index contributed by atoms with van der Waals surface area (Å²) in [4.78, 5) is 4.06. The highest BCUT2D eigenvalue weighted by Crippen LogP contribution is 2.30. The van der Waals surface area contributed by atoms with E-state index in [9.17, 15) is 0 Å². The van der Waals surface area contributed by atoms with E-state index < -0.39 is 0 Å². The maximum absolute atomic E-state index is 7.54. The van der Waals surface area contributed by atoms with Gasteiger partial charge in [0.05, 0.1) is 17.9 Å². The summed E-state index contributed by atoms with van der Waals surface area (Å²) in [6.07, 6.45) is 9.47. The second-order valence-electron chi connectivity index (χ2n) is 4.97. The third kappa shape index (κ3) is 3.00. The van der Waals surface area contributed by atoms with Crippen LogP contribution in [0.5, 0.6) is 5.75 Å². The number of hydrogen-bond acceptors (Lipinski definition) is 3. The monoisotopic (exact) mass is 247 g/mol. The molecule has 0 radical (unpaired) electrons. The van der Waals surface area contributed by atoms with E-state index in [-0.39, 0.29) is 11.9 Å². The SMILES string of the molecule is CCC1CCCC(Oc2cnccc2C(=N)N)C1. The van der Waals surface area contributed by atoms with E-state index in [0.717, 1.165) is 18.8 Å². The van der Waals surface area contributed by atoms with Crippen molar-refractivity contribution in [3.8, 4) is 5.75 Å². The van der Waals surface area contributed by atoms with Gasteiger partial charge in [-0.05, 0) is 31.2 Å². The largest absolute Gasteiger partial charge is 0.488 e. The van der Waals surface area contributed by atoms with Gasteiger partial charge in [-0.1, -0.05) is 19.8 Å². The first-order valence-electron chi connectivity index (χ1n) is 6.65. The van der Waals surface area contributed by atoms with Gasteiger partial charge in [0.2, 0.25) is 0 Å². The molecule has 1 aromatic heterocycles. The quantitative estimate of drug-likeness (QED) is 0.634. The molecule has 0 amide bonds. The summed E-state index contributed by atoms with van der Waals surface area (Å²) in [5.74, 6) is 1.45. The van der Waals surface area contributed by atoms with E-state index in [0.29, 0.717) is 11.3 Å².